The molecule has 1 N–H and O–H groups in total. The zero-order chi connectivity index (χ0) is 11.8. The van der Waals surface area contributed by atoms with E-state index in [1.54, 1.807) is 12.1 Å². The first-order valence-corrected chi connectivity index (χ1v) is 7.16. The van der Waals surface area contributed by atoms with E-state index in [-0.39, 0.29) is 24.3 Å². The molecule has 4 nitrogen and oxygen atoms in total. The number of rotatable bonds is 1. The quantitative estimate of drug-likeness (QED) is 0.770. The van der Waals surface area contributed by atoms with Crippen LogP contribution in [0.4, 0.5) is 0 Å². The Hall–Kier alpha value is -0.650. The van der Waals surface area contributed by atoms with Crippen molar-refractivity contribution in [2.75, 3.05) is 11.5 Å². The molecule has 0 bridgehead atoms. The van der Waals surface area contributed by atoms with Gasteiger partial charge < -0.3 is 5.11 Å². The number of hydrogen-bond acceptors (Lipinski definition) is 4. The first-order valence-electron chi connectivity index (χ1n) is 4.96. The van der Waals surface area contributed by atoms with Crippen LogP contribution >= 0.6 is 11.6 Å². The molecule has 1 aliphatic rings. The van der Waals surface area contributed by atoms with Crippen LogP contribution in [0.2, 0.25) is 5.15 Å². The summed E-state index contributed by atoms with van der Waals surface area (Å²) >= 11 is 5.65. The fourth-order valence-corrected chi connectivity index (χ4v) is 3.43. The highest BCUT2D eigenvalue weighted by atomic mass is 35.5. The maximum absolute atomic E-state index is 11.3. The molecule has 1 aromatic heterocycles. The van der Waals surface area contributed by atoms with Crippen molar-refractivity contribution in [2.24, 2.45) is 0 Å². The van der Waals surface area contributed by atoms with Gasteiger partial charge in [0.25, 0.3) is 0 Å². The Morgan fingerprint density at radius 1 is 1.31 bits per heavy atom. The maximum atomic E-state index is 11.3. The molecule has 2 heterocycles. The molecule has 0 atom stereocenters. The smallest absolute Gasteiger partial charge is 0.150 e. The molecule has 2 rings (SSSR count). The summed E-state index contributed by atoms with van der Waals surface area (Å²) in [6.07, 6.45) is 1.94. The third-order valence-corrected chi connectivity index (χ3v) is 4.79. The summed E-state index contributed by atoms with van der Waals surface area (Å²) in [4.78, 5) is 3.89. The van der Waals surface area contributed by atoms with Gasteiger partial charge in [0.05, 0.1) is 17.1 Å². The van der Waals surface area contributed by atoms with E-state index >= 15 is 0 Å². The van der Waals surface area contributed by atoms with Gasteiger partial charge in [0, 0.05) is 11.8 Å². The summed E-state index contributed by atoms with van der Waals surface area (Å²) < 4.78 is 22.6. The summed E-state index contributed by atoms with van der Waals surface area (Å²) in [5.41, 5.74) is -0.449. The minimum absolute atomic E-state index is 0.0200. The molecule has 0 amide bonds. The van der Waals surface area contributed by atoms with Crippen LogP contribution in [-0.4, -0.2) is 30.0 Å². The van der Waals surface area contributed by atoms with Gasteiger partial charge in [0.1, 0.15) is 5.15 Å². The average molecular weight is 262 g/mol. The number of aliphatic hydroxyl groups is 1. The highest BCUT2D eigenvalue weighted by Gasteiger charge is 2.36. The Bertz CT molecular complexity index is 469. The topological polar surface area (TPSA) is 67.3 Å². The molecule has 1 aromatic rings. The summed E-state index contributed by atoms with van der Waals surface area (Å²) in [7, 11) is -2.98. The molecule has 1 saturated heterocycles. The number of sulfone groups is 1. The second kappa shape index (κ2) is 3.98. The molecule has 0 saturated carbocycles. The van der Waals surface area contributed by atoms with Crippen LogP contribution in [0.25, 0.3) is 0 Å². The number of hydrogen-bond donors (Lipinski definition) is 1. The Balaban J connectivity index is 2.24. The standard InChI is InChI=1S/C10H12ClNO3S/c11-9-2-1-8(7-12-9)10(13)3-5-16(14,15)6-4-10/h1-2,7,13H,3-6H2. The zero-order valence-electron chi connectivity index (χ0n) is 8.56. The van der Waals surface area contributed by atoms with Crippen LogP contribution in [0.15, 0.2) is 18.3 Å². The van der Waals surface area contributed by atoms with Crippen LogP contribution in [0.3, 0.4) is 0 Å². The molecule has 1 fully saturated rings. The van der Waals surface area contributed by atoms with Crippen LogP contribution in [-0.2, 0) is 15.4 Å². The summed E-state index contributed by atoms with van der Waals surface area (Å²) in [5, 5.41) is 10.7. The van der Waals surface area contributed by atoms with Gasteiger partial charge >= 0.3 is 0 Å². The normalized spacial score (nSPS) is 22.9. The molecule has 6 heteroatoms. The lowest BCUT2D eigenvalue weighted by Gasteiger charge is -2.31. The van der Waals surface area contributed by atoms with E-state index in [1.807, 2.05) is 0 Å². The lowest BCUT2D eigenvalue weighted by Crippen LogP contribution is -2.36. The fourth-order valence-electron chi connectivity index (χ4n) is 1.82. The molecule has 0 radical (unpaired) electrons. The van der Waals surface area contributed by atoms with Gasteiger partial charge in [-0.2, -0.15) is 0 Å². The van der Waals surface area contributed by atoms with Crippen molar-refractivity contribution in [3.8, 4) is 0 Å². The van der Waals surface area contributed by atoms with Gasteiger partial charge in [0.15, 0.2) is 9.84 Å². The predicted octanol–water partition coefficient (Wildman–Crippen LogP) is 1.13. The second-order valence-electron chi connectivity index (χ2n) is 4.05. The fraction of sp³-hybridized carbons (Fsp3) is 0.500. The van der Waals surface area contributed by atoms with Crippen molar-refractivity contribution >= 4 is 21.4 Å². The van der Waals surface area contributed by atoms with E-state index in [4.69, 9.17) is 11.6 Å². The highest BCUT2D eigenvalue weighted by Crippen LogP contribution is 2.33. The van der Waals surface area contributed by atoms with Crippen molar-refractivity contribution in [1.29, 1.82) is 0 Å². The van der Waals surface area contributed by atoms with Crippen LogP contribution in [0.1, 0.15) is 18.4 Å². The molecule has 0 unspecified atom stereocenters. The van der Waals surface area contributed by atoms with Crippen molar-refractivity contribution in [2.45, 2.75) is 18.4 Å². The van der Waals surface area contributed by atoms with Crippen LogP contribution in [0, 0.1) is 0 Å². The summed E-state index contributed by atoms with van der Waals surface area (Å²) in [6.45, 7) is 0. The first-order chi connectivity index (χ1) is 7.41. The maximum Gasteiger partial charge on any atom is 0.150 e. The molecule has 16 heavy (non-hydrogen) atoms. The Morgan fingerprint density at radius 3 is 2.44 bits per heavy atom. The number of nitrogens with zero attached hydrogens (tertiary/aromatic N) is 1. The third kappa shape index (κ3) is 2.36. The Morgan fingerprint density at radius 2 is 1.94 bits per heavy atom. The Kier molecular flexibility index (Phi) is 2.94. The van der Waals surface area contributed by atoms with E-state index in [0.29, 0.717) is 10.7 Å². The van der Waals surface area contributed by atoms with Crippen LogP contribution in [0.5, 0.6) is 0 Å². The van der Waals surface area contributed by atoms with E-state index in [9.17, 15) is 13.5 Å². The largest absolute Gasteiger partial charge is 0.385 e. The molecule has 1 aliphatic heterocycles. The number of aromatic nitrogens is 1. The van der Waals surface area contributed by atoms with Crippen molar-refractivity contribution in [3.63, 3.8) is 0 Å². The van der Waals surface area contributed by atoms with Crippen molar-refractivity contribution in [3.05, 3.63) is 29.0 Å². The van der Waals surface area contributed by atoms with Gasteiger partial charge in [-0.25, -0.2) is 13.4 Å². The summed E-state index contributed by atoms with van der Waals surface area (Å²) in [5.74, 6) is 0.0399. The molecular formula is C10H12ClNO3S. The van der Waals surface area contributed by atoms with Crippen molar-refractivity contribution < 1.29 is 13.5 Å². The van der Waals surface area contributed by atoms with Gasteiger partial charge in [-0.15, -0.1) is 0 Å². The SMILES string of the molecule is O=S1(=O)CCC(O)(c2ccc(Cl)nc2)CC1. The molecule has 0 aromatic carbocycles. The molecule has 0 aliphatic carbocycles. The zero-order valence-corrected chi connectivity index (χ0v) is 10.1. The van der Waals surface area contributed by atoms with Gasteiger partial charge in [-0.3, -0.25) is 0 Å². The van der Waals surface area contributed by atoms with E-state index in [0.717, 1.165) is 0 Å². The molecule has 88 valence electrons. The third-order valence-electron chi connectivity index (χ3n) is 2.92. The lowest BCUT2D eigenvalue weighted by atomic mass is 9.89. The highest BCUT2D eigenvalue weighted by molar-refractivity contribution is 7.91. The van der Waals surface area contributed by atoms with Gasteiger partial charge in [0.2, 0.25) is 0 Å². The van der Waals surface area contributed by atoms with Gasteiger partial charge in [-0.05, 0) is 18.9 Å². The van der Waals surface area contributed by atoms with E-state index in [1.165, 1.54) is 6.20 Å². The minimum Gasteiger partial charge on any atom is -0.385 e. The summed E-state index contributed by atoms with van der Waals surface area (Å²) in [6, 6.07) is 3.28. The average Bonchev–Trinajstić information content (AvgIpc) is 2.24. The monoisotopic (exact) mass is 261 g/mol. The second-order valence-corrected chi connectivity index (χ2v) is 6.74. The molecule has 0 spiro atoms. The van der Waals surface area contributed by atoms with Crippen LogP contribution < -0.4 is 0 Å². The lowest BCUT2D eigenvalue weighted by molar-refractivity contribution is 0.0260. The van der Waals surface area contributed by atoms with Crippen molar-refractivity contribution in [1.82, 2.24) is 4.98 Å². The predicted molar refractivity (Wildman–Crippen MR) is 61.0 cm³/mol. The first kappa shape index (κ1) is 11.8. The minimum atomic E-state index is -2.98. The number of pyridine rings is 1. The Labute approximate surface area is 99.2 Å². The van der Waals surface area contributed by atoms with E-state index < -0.39 is 15.4 Å². The van der Waals surface area contributed by atoms with E-state index in [2.05, 4.69) is 4.98 Å². The molecular weight excluding hydrogens is 250 g/mol. The number of halogens is 1. The van der Waals surface area contributed by atoms with Gasteiger partial charge in [-0.1, -0.05) is 17.7 Å².